The number of nitrogens with zero attached hydrogens (tertiary/aromatic N) is 3. The highest BCUT2D eigenvalue weighted by Crippen LogP contribution is 2.60. The van der Waals surface area contributed by atoms with Crippen LogP contribution in [0.3, 0.4) is 0 Å². The first-order chi connectivity index (χ1) is 9.11. The van der Waals surface area contributed by atoms with Gasteiger partial charge < -0.3 is 10.3 Å². The molecule has 1 aromatic heterocycles. The van der Waals surface area contributed by atoms with E-state index in [-0.39, 0.29) is 5.41 Å². The van der Waals surface area contributed by atoms with Gasteiger partial charge in [0.05, 0.1) is 0 Å². The van der Waals surface area contributed by atoms with Gasteiger partial charge in [-0.15, -0.1) is 0 Å². The summed E-state index contributed by atoms with van der Waals surface area (Å²) in [5, 5.41) is 9.13. The van der Waals surface area contributed by atoms with Crippen LogP contribution >= 0.6 is 0 Å². The molecule has 0 unspecified atom stereocenters. The second-order valence-electron chi connectivity index (χ2n) is 7.04. The molecule has 0 saturated heterocycles. The Morgan fingerprint density at radius 1 is 1.21 bits per heavy atom. The molecule has 5 rings (SSSR count). The highest BCUT2D eigenvalue weighted by Gasteiger charge is 2.53. The van der Waals surface area contributed by atoms with Crippen molar-refractivity contribution in [3.63, 3.8) is 0 Å². The maximum Gasteiger partial charge on any atom is 0.182 e. The van der Waals surface area contributed by atoms with Gasteiger partial charge in [-0.2, -0.15) is 5.26 Å². The molecule has 4 nitrogen and oxygen atoms in total. The normalized spacial score (nSPS) is 39.5. The van der Waals surface area contributed by atoms with Gasteiger partial charge in [0, 0.05) is 12.5 Å². The predicted molar refractivity (Wildman–Crippen MR) is 72.2 cm³/mol. The molecule has 0 aliphatic heterocycles. The molecule has 4 bridgehead atoms. The first-order valence-electron chi connectivity index (χ1n) is 7.34. The van der Waals surface area contributed by atoms with Gasteiger partial charge in [0.25, 0.3) is 0 Å². The third-order valence-electron chi connectivity index (χ3n) is 5.76. The molecule has 4 aliphatic carbocycles. The molecule has 0 atom stereocenters. The van der Waals surface area contributed by atoms with Gasteiger partial charge >= 0.3 is 0 Å². The largest absolute Gasteiger partial charge is 0.383 e. The van der Waals surface area contributed by atoms with Gasteiger partial charge in [-0.3, -0.25) is 0 Å². The summed E-state index contributed by atoms with van der Waals surface area (Å²) in [6.45, 7) is 0. The second kappa shape index (κ2) is 3.53. The summed E-state index contributed by atoms with van der Waals surface area (Å²) < 4.78 is 1.98. The molecule has 100 valence electrons. The monoisotopic (exact) mass is 256 g/mol. The lowest BCUT2D eigenvalue weighted by molar-refractivity contribution is -0.0105. The van der Waals surface area contributed by atoms with Gasteiger partial charge in [0.1, 0.15) is 17.7 Å². The molecule has 1 aromatic rings. The van der Waals surface area contributed by atoms with Crippen LogP contribution in [0.4, 0.5) is 5.82 Å². The van der Waals surface area contributed by atoms with Crippen molar-refractivity contribution in [3.05, 3.63) is 11.5 Å². The second-order valence-corrected chi connectivity index (χ2v) is 7.04. The number of aromatic nitrogens is 2. The smallest absolute Gasteiger partial charge is 0.182 e. The number of nitrogens with two attached hydrogens (primary N) is 1. The summed E-state index contributed by atoms with van der Waals surface area (Å²) in [6, 6.07) is 2.13. The van der Waals surface area contributed by atoms with Crippen LogP contribution in [0, 0.1) is 29.1 Å². The fourth-order valence-electron chi connectivity index (χ4n) is 5.45. The Labute approximate surface area is 113 Å². The number of hydrogen-bond acceptors (Lipinski definition) is 3. The lowest BCUT2D eigenvalue weighted by Gasteiger charge is -2.56. The zero-order valence-corrected chi connectivity index (χ0v) is 11.4. The van der Waals surface area contributed by atoms with E-state index in [0.717, 1.165) is 23.6 Å². The Balaban J connectivity index is 1.82. The summed E-state index contributed by atoms with van der Waals surface area (Å²) in [4.78, 5) is 4.59. The summed E-state index contributed by atoms with van der Waals surface area (Å²) >= 11 is 0. The topological polar surface area (TPSA) is 67.6 Å². The Morgan fingerprint density at radius 2 is 1.74 bits per heavy atom. The summed E-state index contributed by atoms with van der Waals surface area (Å²) in [5.74, 6) is 4.27. The van der Waals surface area contributed by atoms with E-state index >= 15 is 0 Å². The summed E-state index contributed by atoms with van der Waals surface area (Å²) in [7, 11) is 1.97. The molecule has 4 saturated carbocycles. The molecule has 4 fully saturated rings. The van der Waals surface area contributed by atoms with Gasteiger partial charge in [-0.25, -0.2) is 4.98 Å². The first kappa shape index (κ1) is 11.3. The maximum atomic E-state index is 9.13. The zero-order chi connectivity index (χ0) is 13.2. The molecule has 4 heteroatoms. The van der Waals surface area contributed by atoms with Crippen LogP contribution in [0.2, 0.25) is 0 Å². The SMILES string of the molecule is Cn1c(C23CC4CC(CC(C4)C2)C3)nc(C#N)c1N. The van der Waals surface area contributed by atoms with Crippen molar-refractivity contribution in [2.75, 3.05) is 5.73 Å². The Hall–Kier alpha value is -1.50. The van der Waals surface area contributed by atoms with Crippen molar-refractivity contribution >= 4 is 5.82 Å². The zero-order valence-electron chi connectivity index (χ0n) is 11.4. The molecule has 0 aromatic carbocycles. The number of rotatable bonds is 1. The van der Waals surface area contributed by atoms with E-state index in [4.69, 9.17) is 11.0 Å². The van der Waals surface area contributed by atoms with Crippen LogP contribution in [0.1, 0.15) is 50.0 Å². The number of nitrogen functional groups attached to an aromatic ring is 1. The van der Waals surface area contributed by atoms with Crippen molar-refractivity contribution in [1.82, 2.24) is 9.55 Å². The standard InChI is InChI=1S/C15H20N4/c1-19-13(17)12(8-16)18-14(19)15-5-9-2-10(6-15)4-11(3-9)7-15/h9-11H,2-7,17H2,1H3. The van der Waals surface area contributed by atoms with Crippen LogP contribution in [0.25, 0.3) is 0 Å². The molecule has 19 heavy (non-hydrogen) atoms. The molecule has 4 aliphatic rings. The van der Waals surface area contributed by atoms with Crippen LogP contribution in [-0.4, -0.2) is 9.55 Å². The van der Waals surface area contributed by atoms with Crippen LogP contribution in [0.15, 0.2) is 0 Å². The predicted octanol–water partition coefficient (Wildman–Crippen LogP) is 2.34. The van der Waals surface area contributed by atoms with E-state index in [0.29, 0.717) is 11.5 Å². The first-order valence-corrected chi connectivity index (χ1v) is 7.34. The van der Waals surface area contributed by atoms with Crippen LogP contribution < -0.4 is 5.73 Å². The van der Waals surface area contributed by atoms with Gasteiger partial charge in [0.15, 0.2) is 5.69 Å². The lowest BCUT2D eigenvalue weighted by atomic mass is 9.49. The van der Waals surface area contributed by atoms with Gasteiger partial charge in [0.2, 0.25) is 0 Å². The minimum absolute atomic E-state index is 0.215. The van der Waals surface area contributed by atoms with E-state index in [2.05, 4.69) is 11.1 Å². The Morgan fingerprint density at radius 3 is 2.16 bits per heavy atom. The minimum Gasteiger partial charge on any atom is -0.383 e. The van der Waals surface area contributed by atoms with Gasteiger partial charge in [-0.05, 0) is 56.3 Å². The fraction of sp³-hybridized carbons (Fsp3) is 0.733. The van der Waals surface area contributed by atoms with E-state index in [1.54, 1.807) is 0 Å². The van der Waals surface area contributed by atoms with Crippen molar-refractivity contribution in [1.29, 1.82) is 5.26 Å². The third kappa shape index (κ3) is 1.42. The number of imidazole rings is 1. The highest BCUT2D eigenvalue weighted by molar-refractivity contribution is 5.47. The highest BCUT2D eigenvalue weighted by atomic mass is 15.1. The molecule has 0 spiro atoms. The van der Waals surface area contributed by atoms with Crippen LogP contribution in [-0.2, 0) is 12.5 Å². The number of anilines is 1. The average Bonchev–Trinajstić information content (AvgIpc) is 2.65. The van der Waals surface area contributed by atoms with Crippen molar-refractivity contribution in [3.8, 4) is 6.07 Å². The maximum absolute atomic E-state index is 9.13. The molecule has 2 N–H and O–H groups in total. The van der Waals surface area contributed by atoms with Crippen molar-refractivity contribution in [2.24, 2.45) is 24.8 Å². The lowest BCUT2D eigenvalue weighted by Crippen LogP contribution is -2.49. The summed E-state index contributed by atoms with van der Waals surface area (Å²) in [5.41, 5.74) is 6.64. The quantitative estimate of drug-likeness (QED) is 0.838. The third-order valence-corrected chi connectivity index (χ3v) is 5.76. The van der Waals surface area contributed by atoms with E-state index in [1.165, 1.54) is 38.5 Å². The summed E-state index contributed by atoms with van der Waals surface area (Å²) in [6.07, 6.45) is 8.04. The number of hydrogen-bond donors (Lipinski definition) is 1. The van der Waals surface area contributed by atoms with E-state index in [9.17, 15) is 0 Å². The molecule has 1 heterocycles. The molecule has 0 amide bonds. The fourth-order valence-corrected chi connectivity index (χ4v) is 5.45. The molecule has 0 radical (unpaired) electrons. The molecular formula is C15H20N4. The van der Waals surface area contributed by atoms with Crippen LogP contribution in [0.5, 0.6) is 0 Å². The molecular weight excluding hydrogens is 236 g/mol. The van der Waals surface area contributed by atoms with E-state index < -0.39 is 0 Å². The van der Waals surface area contributed by atoms with E-state index in [1.807, 2.05) is 11.6 Å². The number of nitriles is 1. The Kier molecular flexibility index (Phi) is 2.11. The van der Waals surface area contributed by atoms with Crippen molar-refractivity contribution in [2.45, 2.75) is 43.9 Å². The van der Waals surface area contributed by atoms with Gasteiger partial charge in [-0.1, -0.05) is 0 Å². The minimum atomic E-state index is 0.215. The average molecular weight is 256 g/mol. The van der Waals surface area contributed by atoms with Crippen molar-refractivity contribution < 1.29 is 0 Å². The Bertz CT molecular complexity index is 542.